The third kappa shape index (κ3) is 3.91. The number of nitrogens with zero attached hydrogens (tertiary/aromatic N) is 2. The zero-order valence-corrected chi connectivity index (χ0v) is 12.9. The van der Waals surface area contributed by atoms with Crippen molar-refractivity contribution in [2.45, 2.75) is 38.5 Å². The number of amides is 1. The molecule has 1 aliphatic heterocycles. The molecule has 0 unspecified atom stereocenters. The highest BCUT2D eigenvalue weighted by Crippen LogP contribution is 2.26. The van der Waals surface area contributed by atoms with Gasteiger partial charge < -0.3 is 25.4 Å². The van der Waals surface area contributed by atoms with E-state index >= 15 is 0 Å². The van der Waals surface area contributed by atoms with Gasteiger partial charge in [0.2, 0.25) is 0 Å². The smallest absolute Gasteiger partial charge is 0.407 e. The van der Waals surface area contributed by atoms with Crippen molar-refractivity contribution in [3.8, 4) is 0 Å². The van der Waals surface area contributed by atoms with Crippen LogP contribution in [-0.4, -0.2) is 46.8 Å². The van der Waals surface area contributed by atoms with Gasteiger partial charge in [-0.2, -0.15) is 0 Å². The molecule has 1 saturated heterocycles. The second kappa shape index (κ2) is 6.27. The second-order valence-electron chi connectivity index (χ2n) is 6.24. The lowest BCUT2D eigenvalue weighted by atomic mass is 10.0. The van der Waals surface area contributed by atoms with Crippen LogP contribution in [0.2, 0.25) is 0 Å². The molecule has 0 saturated carbocycles. The van der Waals surface area contributed by atoms with Gasteiger partial charge in [-0.05, 0) is 32.9 Å². The van der Waals surface area contributed by atoms with Crippen LogP contribution < -0.4 is 11.1 Å². The molecule has 8 nitrogen and oxygen atoms in total. The normalized spacial score (nSPS) is 18.6. The standard InChI is InChI=1S/C14H22N4O4/c1-14(2,3)22-13(19)16-9-7-18(8-9)11(12(15)17-20)10-5-4-6-21-10/h4-6,9,11,20H,7-8H2,1-3H3,(H2,15,17)(H,16,19)/t11-/m1/s1. The molecule has 22 heavy (non-hydrogen) atoms. The van der Waals surface area contributed by atoms with Gasteiger partial charge in [0, 0.05) is 13.1 Å². The van der Waals surface area contributed by atoms with Gasteiger partial charge in [0.25, 0.3) is 0 Å². The van der Waals surface area contributed by atoms with Crippen molar-refractivity contribution in [1.29, 1.82) is 0 Å². The molecule has 0 bridgehead atoms. The number of alkyl carbamates (subject to hydrolysis) is 1. The molecule has 1 aromatic heterocycles. The first-order valence-electron chi connectivity index (χ1n) is 7.04. The van der Waals surface area contributed by atoms with Crippen LogP contribution in [0.3, 0.4) is 0 Å². The maximum absolute atomic E-state index is 11.7. The minimum atomic E-state index is -0.530. The van der Waals surface area contributed by atoms with Crippen molar-refractivity contribution in [2.75, 3.05) is 13.1 Å². The number of carbonyl (C=O) groups is 1. The third-order valence-corrected chi connectivity index (χ3v) is 3.20. The van der Waals surface area contributed by atoms with E-state index in [1.807, 2.05) is 25.7 Å². The zero-order chi connectivity index (χ0) is 16.3. The number of likely N-dealkylation sites (tertiary alicyclic amines) is 1. The molecular weight excluding hydrogens is 288 g/mol. The van der Waals surface area contributed by atoms with E-state index in [4.69, 9.17) is 20.1 Å². The van der Waals surface area contributed by atoms with Gasteiger partial charge in [0.1, 0.15) is 17.4 Å². The van der Waals surface area contributed by atoms with Crippen LogP contribution >= 0.6 is 0 Å². The quantitative estimate of drug-likeness (QED) is 0.334. The highest BCUT2D eigenvalue weighted by molar-refractivity contribution is 5.86. The van der Waals surface area contributed by atoms with Crippen LogP contribution in [0, 0.1) is 0 Å². The number of furan rings is 1. The number of ether oxygens (including phenoxy) is 1. The number of carbonyl (C=O) groups excluding carboxylic acids is 1. The topological polar surface area (TPSA) is 113 Å². The van der Waals surface area contributed by atoms with Crippen LogP contribution in [0.1, 0.15) is 32.6 Å². The Hall–Kier alpha value is -2.22. The van der Waals surface area contributed by atoms with Gasteiger partial charge in [-0.25, -0.2) is 4.79 Å². The SMILES string of the molecule is CC(C)(C)OC(=O)NC1CN([C@@H](C(N)=NO)c2ccco2)C1. The molecule has 2 rings (SSSR count). The van der Waals surface area contributed by atoms with E-state index in [-0.39, 0.29) is 11.9 Å². The Morgan fingerprint density at radius 2 is 2.27 bits per heavy atom. The zero-order valence-electron chi connectivity index (χ0n) is 12.9. The van der Waals surface area contributed by atoms with Gasteiger partial charge in [-0.1, -0.05) is 5.16 Å². The van der Waals surface area contributed by atoms with Crippen LogP contribution in [0.25, 0.3) is 0 Å². The van der Waals surface area contributed by atoms with Gasteiger partial charge in [-0.3, -0.25) is 4.90 Å². The van der Waals surface area contributed by atoms with Crippen molar-refractivity contribution >= 4 is 11.9 Å². The number of hydrogen-bond acceptors (Lipinski definition) is 6. The number of nitrogens with two attached hydrogens (primary N) is 1. The number of oxime groups is 1. The minimum absolute atomic E-state index is 0.0428. The molecule has 0 aromatic carbocycles. The molecule has 0 aliphatic carbocycles. The Bertz CT molecular complexity index is 530. The predicted molar refractivity (Wildman–Crippen MR) is 79.6 cm³/mol. The Kier molecular flexibility index (Phi) is 4.60. The number of hydrogen-bond donors (Lipinski definition) is 3. The van der Waals surface area contributed by atoms with E-state index in [9.17, 15) is 4.79 Å². The van der Waals surface area contributed by atoms with Crippen LogP contribution in [0.15, 0.2) is 28.0 Å². The van der Waals surface area contributed by atoms with Crippen LogP contribution in [0.5, 0.6) is 0 Å². The Morgan fingerprint density at radius 1 is 1.59 bits per heavy atom. The van der Waals surface area contributed by atoms with Crippen molar-refractivity contribution in [2.24, 2.45) is 10.9 Å². The fraction of sp³-hybridized carbons (Fsp3) is 0.571. The highest BCUT2D eigenvalue weighted by Gasteiger charge is 2.38. The molecule has 1 aliphatic rings. The van der Waals surface area contributed by atoms with E-state index in [1.54, 1.807) is 12.1 Å². The molecule has 8 heteroatoms. The number of amidine groups is 1. The lowest BCUT2D eigenvalue weighted by molar-refractivity contribution is 0.0359. The molecule has 2 heterocycles. The molecule has 1 fully saturated rings. The second-order valence-corrected chi connectivity index (χ2v) is 6.24. The molecule has 1 amide bonds. The monoisotopic (exact) mass is 310 g/mol. The predicted octanol–water partition coefficient (Wildman–Crippen LogP) is 1.28. The van der Waals surface area contributed by atoms with Crippen LogP contribution in [-0.2, 0) is 4.74 Å². The summed E-state index contributed by atoms with van der Waals surface area (Å²) in [4.78, 5) is 13.6. The lowest BCUT2D eigenvalue weighted by Gasteiger charge is -2.43. The molecular formula is C14H22N4O4. The fourth-order valence-electron chi connectivity index (χ4n) is 2.30. The van der Waals surface area contributed by atoms with Gasteiger partial charge in [-0.15, -0.1) is 0 Å². The van der Waals surface area contributed by atoms with Gasteiger partial charge >= 0.3 is 6.09 Å². The first kappa shape index (κ1) is 16.2. The van der Waals surface area contributed by atoms with Gasteiger partial charge in [0.15, 0.2) is 5.84 Å². The molecule has 1 atom stereocenters. The summed E-state index contributed by atoms with van der Waals surface area (Å²) in [6.45, 7) is 6.54. The van der Waals surface area contributed by atoms with Crippen molar-refractivity contribution in [3.05, 3.63) is 24.2 Å². The van der Waals surface area contributed by atoms with Gasteiger partial charge in [0.05, 0.1) is 12.3 Å². The summed E-state index contributed by atoms with van der Waals surface area (Å²) in [6.07, 6.45) is 1.08. The summed E-state index contributed by atoms with van der Waals surface area (Å²) in [5.41, 5.74) is 5.21. The number of rotatable bonds is 4. The summed E-state index contributed by atoms with van der Waals surface area (Å²) in [5.74, 6) is 0.636. The summed E-state index contributed by atoms with van der Waals surface area (Å²) in [7, 11) is 0. The van der Waals surface area contributed by atoms with E-state index in [2.05, 4.69) is 10.5 Å². The Balaban J connectivity index is 1.90. The molecule has 1 aromatic rings. The Labute approximate surface area is 128 Å². The van der Waals surface area contributed by atoms with E-state index < -0.39 is 17.7 Å². The first-order chi connectivity index (χ1) is 10.3. The molecule has 4 N–H and O–H groups in total. The summed E-state index contributed by atoms with van der Waals surface area (Å²) < 4.78 is 10.5. The highest BCUT2D eigenvalue weighted by atomic mass is 16.6. The average molecular weight is 310 g/mol. The summed E-state index contributed by atoms with van der Waals surface area (Å²) >= 11 is 0. The minimum Gasteiger partial charge on any atom is -0.467 e. The van der Waals surface area contributed by atoms with E-state index in [1.165, 1.54) is 6.26 Å². The fourth-order valence-corrected chi connectivity index (χ4v) is 2.30. The largest absolute Gasteiger partial charge is 0.467 e. The van der Waals surface area contributed by atoms with E-state index in [0.717, 1.165) is 0 Å². The lowest BCUT2D eigenvalue weighted by Crippen LogP contribution is -2.61. The number of nitrogens with one attached hydrogen (secondary N) is 1. The molecule has 122 valence electrons. The van der Waals surface area contributed by atoms with Crippen molar-refractivity contribution in [1.82, 2.24) is 10.2 Å². The maximum atomic E-state index is 11.7. The molecule has 0 spiro atoms. The van der Waals surface area contributed by atoms with Crippen molar-refractivity contribution < 1.29 is 19.2 Å². The van der Waals surface area contributed by atoms with Crippen LogP contribution in [0.4, 0.5) is 4.79 Å². The third-order valence-electron chi connectivity index (χ3n) is 3.20. The molecule has 0 radical (unpaired) electrons. The van der Waals surface area contributed by atoms with Crippen molar-refractivity contribution in [3.63, 3.8) is 0 Å². The average Bonchev–Trinajstić information content (AvgIpc) is 2.87. The first-order valence-corrected chi connectivity index (χ1v) is 7.04. The summed E-state index contributed by atoms with van der Waals surface area (Å²) in [5, 5.41) is 14.8. The summed E-state index contributed by atoms with van der Waals surface area (Å²) in [6, 6.07) is 3.01. The van der Waals surface area contributed by atoms with E-state index in [0.29, 0.717) is 18.8 Å². The Morgan fingerprint density at radius 3 is 2.77 bits per heavy atom. The maximum Gasteiger partial charge on any atom is 0.407 e.